The van der Waals surface area contributed by atoms with Crippen LogP contribution in [0.15, 0.2) is 28.9 Å². The van der Waals surface area contributed by atoms with Gasteiger partial charge in [0.25, 0.3) is 0 Å². The van der Waals surface area contributed by atoms with Gasteiger partial charge in [-0.3, -0.25) is 4.68 Å². The number of nitrogens with zero attached hydrogens (tertiary/aromatic N) is 2. The maximum absolute atomic E-state index is 9.95. The van der Waals surface area contributed by atoms with Gasteiger partial charge in [0.15, 0.2) is 0 Å². The van der Waals surface area contributed by atoms with Crippen molar-refractivity contribution in [2.75, 3.05) is 13.2 Å². The summed E-state index contributed by atoms with van der Waals surface area (Å²) in [6, 6.07) is 5.88. The monoisotopic (exact) mass is 296 g/mol. The van der Waals surface area contributed by atoms with Crippen molar-refractivity contribution < 1.29 is 9.84 Å². The molecule has 2 atom stereocenters. The molecule has 3 rings (SSSR count). The second kappa shape index (κ2) is 4.40. The lowest BCUT2D eigenvalue weighted by Crippen LogP contribution is -2.34. The van der Waals surface area contributed by atoms with Crippen LogP contribution in [0.4, 0.5) is 0 Å². The standard InChI is InChI=1S/C12H13BrN2O2/c13-9-1-2-10-8(5-9)6-15(14-10)11-7-17-4-3-12(11)16/h1-2,5-6,11-12,16H,3-4,7H2/t11-,12-/m0/s1. The Morgan fingerprint density at radius 1 is 1.47 bits per heavy atom. The first-order valence-electron chi connectivity index (χ1n) is 5.64. The third-order valence-electron chi connectivity index (χ3n) is 3.11. The zero-order chi connectivity index (χ0) is 11.8. The molecule has 1 aliphatic heterocycles. The number of benzene rings is 1. The van der Waals surface area contributed by atoms with Gasteiger partial charge >= 0.3 is 0 Å². The predicted octanol–water partition coefficient (Wildman–Crippen LogP) is 2.12. The highest BCUT2D eigenvalue weighted by atomic mass is 79.9. The molecule has 0 spiro atoms. The molecule has 0 aliphatic carbocycles. The molecular weight excluding hydrogens is 284 g/mol. The lowest BCUT2D eigenvalue weighted by molar-refractivity contribution is -0.0327. The van der Waals surface area contributed by atoms with E-state index in [0.717, 1.165) is 15.4 Å². The molecule has 1 aromatic carbocycles. The number of rotatable bonds is 1. The number of halogens is 1. The lowest BCUT2D eigenvalue weighted by Gasteiger charge is -2.27. The first-order valence-corrected chi connectivity index (χ1v) is 6.43. The van der Waals surface area contributed by atoms with Crippen LogP contribution in [0.2, 0.25) is 0 Å². The van der Waals surface area contributed by atoms with Crippen LogP contribution in [0.3, 0.4) is 0 Å². The molecule has 0 radical (unpaired) electrons. The van der Waals surface area contributed by atoms with E-state index in [9.17, 15) is 5.11 Å². The highest BCUT2D eigenvalue weighted by Gasteiger charge is 2.26. The zero-order valence-electron chi connectivity index (χ0n) is 9.21. The van der Waals surface area contributed by atoms with Gasteiger partial charge in [-0.25, -0.2) is 0 Å². The van der Waals surface area contributed by atoms with Crippen LogP contribution in [0.1, 0.15) is 12.5 Å². The highest BCUT2D eigenvalue weighted by Crippen LogP contribution is 2.24. The van der Waals surface area contributed by atoms with Gasteiger partial charge in [0.05, 0.1) is 18.2 Å². The molecule has 5 heteroatoms. The first-order chi connectivity index (χ1) is 8.24. The molecular formula is C12H13BrN2O2. The maximum Gasteiger partial charge on any atom is 0.101 e. The molecule has 1 aromatic heterocycles. The van der Waals surface area contributed by atoms with E-state index in [-0.39, 0.29) is 12.1 Å². The molecule has 1 saturated heterocycles. The summed E-state index contributed by atoms with van der Waals surface area (Å²) in [4.78, 5) is 0. The van der Waals surface area contributed by atoms with Gasteiger partial charge in [-0.15, -0.1) is 0 Å². The van der Waals surface area contributed by atoms with Crippen molar-refractivity contribution in [1.29, 1.82) is 0 Å². The molecule has 0 amide bonds. The Labute approximate surface area is 107 Å². The number of hydrogen-bond donors (Lipinski definition) is 1. The van der Waals surface area contributed by atoms with Gasteiger partial charge in [0.2, 0.25) is 0 Å². The Balaban J connectivity index is 1.99. The Kier molecular flexibility index (Phi) is 2.90. The van der Waals surface area contributed by atoms with E-state index in [1.807, 2.05) is 29.1 Å². The number of fused-ring (bicyclic) bond motifs is 1. The Morgan fingerprint density at radius 3 is 3.18 bits per heavy atom. The Bertz CT molecular complexity index is 540. The topological polar surface area (TPSA) is 47.3 Å². The van der Waals surface area contributed by atoms with Gasteiger partial charge < -0.3 is 9.84 Å². The Hall–Kier alpha value is -0.910. The van der Waals surface area contributed by atoms with Crippen LogP contribution in [0.25, 0.3) is 10.9 Å². The summed E-state index contributed by atoms with van der Waals surface area (Å²) in [6.07, 6.45) is 2.26. The van der Waals surface area contributed by atoms with E-state index in [0.29, 0.717) is 19.6 Å². The van der Waals surface area contributed by atoms with Crippen molar-refractivity contribution in [3.05, 3.63) is 28.9 Å². The number of aromatic nitrogens is 2. The molecule has 1 fully saturated rings. The van der Waals surface area contributed by atoms with Crippen LogP contribution in [-0.2, 0) is 4.74 Å². The Morgan fingerprint density at radius 2 is 2.35 bits per heavy atom. The molecule has 0 unspecified atom stereocenters. The van der Waals surface area contributed by atoms with Gasteiger partial charge in [0.1, 0.15) is 6.04 Å². The second-order valence-electron chi connectivity index (χ2n) is 4.31. The third-order valence-corrected chi connectivity index (χ3v) is 3.61. The van der Waals surface area contributed by atoms with Crippen molar-refractivity contribution in [2.45, 2.75) is 18.6 Å². The number of hydrogen-bond acceptors (Lipinski definition) is 3. The van der Waals surface area contributed by atoms with E-state index in [1.54, 1.807) is 0 Å². The van der Waals surface area contributed by atoms with Gasteiger partial charge in [-0.05, 0) is 24.6 Å². The minimum atomic E-state index is -0.374. The fourth-order valence-electron chi connectivity index (χ4n) is 2.15. The number of aliphatic hydroxyl groups is 1. The van der Waals surface area contributed by atoms with E-state index >= 15 is 0 Å². The molecule has 0 saturated carbocycles. The average Bonchev–Trinajstić information content (AvgIpc) is 2.72. The summed E-state index contributed by atoms with van der Waals surface area (Å²) >= 11 is 3.44. The zero-order valence-corrected chi connectivity index (χ0v) is 10.8. The van der Waals surface area contributed by atoms with Crippen LogP contribution < -0.4 is 0 Å². The summed E-state index contributed by atoms with van der Waals surface area (Å²) in [7, 11) is 0. The van der Waals surface area contributed by atoms with E-state index in [1.165, 1.54) is 0 Å². The maximum atomic E-state index is 9.95. The minimum Gasteiger partial charge on any atom is -0.391 e. The molecule has 1 aliphatic rings. The smallest absolute Gasteiger partial charge is 0.101 e. The molecule has 2 heterocycles. The fraction of sp³-hybridized carbons (Fsp3) is 0.417. The van der Waals surface area contributed by atoms with Crippen molar-refractivity contribution in [3.63, 3.8) is 0 Å². The normalized spacial score (nSPS) is 25.3. The van der Waals surface area contributed by atoms with Crippen molar-refractivity contribution >= 4 is 26.8 Å². The molecule has 4 nitrogen and oxygen atoms in total. The molecule has 2 aromatic rings. The van der Waals surface area contributed by atoms with Gasteiger partial charge in [-0.2, -0.15) is 5.10 Å². The molecule has 0 bridgehead atoms. The van der Waals surface area contributed by atoms with Gasteiger partial charge in [-0.1, -0.05) is 15.9 Å². The van der Waals surface area contributed by atoms with E-state index < -0.39 is 0 Å². The predicted molar refractivity (Wildman–Crippen MR) is 67.9 cm³/mol. The van der Waals surface area contributed by atoms with E-state index in [4.69, 9.17) is 4.74 Å². The summed E-state index contributed by atoms with van der Waals surface area (Å²) in [5.41, 5.74) is 0.936. The summed E-state index contributed by atoms with van der Waals surface area (Å²) in [5, 5.41) is 15.5. The summed E-state index contributed by atoms with van der Waals surface area (Å²) in [6.45, 7) is 1.15. The van der Waals surface area contributed by atoms with Crippen LogP contribution in [0, 0.1) is 0 Å². The number of aliphatic hydroxyl groups excluding tert-OH is 1. The van der Waals surface area contributed by atoms with Crippen LogP contribution in [0.5, 0.6) is 0 Å². The molecule has 17 heavy (non-hydrogen) atoms. The summed E-state index contributed by atoms with van der Waals surface area (Å²) in [5.74, 6) is 0. The van der Waals surface area contributed by atoms with Crippen LogP contribution in [-0.4, -0.2) is 34.2 Å². The van der Waals surface area contributed by atoms with E-state index in [2.05, 4.69) is 21.0 Å². The number of ether oxygens (including phenoxy) is 1. The van der Waals surface area contributed by atoms with Crippen LogP contribution >= 0.6 is 15.9 Å². The SMILES string of the molecule is O[C@H]1CCOC[C@@H]1n1cc2cc(Br)ccc2n1. The van der Waals surface area contributed by atoms with Crippen molar-refractivity contribution in [2.24, 2.45) is 0 Å². The quantitative estimate of drug-likeness (QED) is 0.877. The lowest BCUT2D eigenvalue weighted by atomic mass is 10.1. The third kappa shape index (κ3) is 2.10. The van der Waals surface area contributed by atoms with Crippen molar-refractivity contribution in [1.82, 2.24) is 9.78 Å². The largest absolute Gasteiger partial charge is 0.391 e. The summed E-state index contributed by atoms with van der Waals surface area (Å²) < 4.78 is 8.25. The molecule has 1 N–H and O–H groups in total. The highest BCUT2D eigenvalue weighted by molar-refractivity contribution is 9.10. The fourth-order valence-corrected chi connectivity index (χ4v) is 2.53. The first kappa shape index (κ1) is 11.2. The average molecular weight is 297 g/mol. The molecule has 90 valence electrons. The van der Waals surface area contributed by atoms with Crippen molar-refractivity contribution in [3.8, 4) is 0 Å². The second-order valence-corrected chi connectivity index (χ2v) is 5.23. The minimum absolute atomic E-state index is 0.0741. The van der Waals surface area contributed by atoms with Gasteiger partial charge in [0, 0.05) is 22.7 Å².